The van der Waals surface area contributed by atoms with E-state index in [1.54, 1.807) is 13.8 Å². The Hall–Kier alpha value is -0.900. The van der Waals surface area contributed by atoms with E-state index in [-0.39, 0.29) is 5.97 Å². The molecule has 0 aliphatic heterocycles. The summed E-state index contributed by atoms with van der Waals surface area (Å²) in [5.41, 5.74) is -0.754. The number of esters is 1. The lowest BCUT2D eigenvalue weighted by molar-refractivity contribution is -0.141. The third-order valence-electron chi connectivity index (χ3n) is 1.51. The molecule has 0 heterocycles. The molecular formula is C9H16O4. The van der Waals surface area contributed by atoms with Gasteiger partial charge in [-0.15, -0.1) is 0 Å². The van der Waals surface area contributed by atoms with Crippen molar-refractivity contribution in [3.05, 3.63) is 0 Å². The Labute approximate surface area is 78.2 Å². The smallest absolute Gasteiger partial charge is 0.305 e. The van der Waals surface area contributed by atoms with Crippen molar-refractivity contribution in [1.29, 1.82) is 0 Å². The zero-order chi connectivity index (χ0) is 10.3. The molecule has 0 bridgehead atoms. The van der Waals surface area contributed by atoms with Gasteiger partial charge >= 0.3 is 5.97 Å². The van der Waals surface area contributed by atoms with E-state index in [0.717, 1.165) is 6.29 Å². The highest BCUT2D eigenvalue weighted by Gasteiger charge is 2.16. The average molecular weight is 188 g/mol. The van der Waals surface area contributed by atoms with Gasteiger partial charge in [-0.3, -0.25) is 4.79 Å². The molecule has 0 rings (SSSR count). The zero-order valence-electron chi connectivity index (χ0n) is 8.33. The fourth-order valence-electron chi connectivity index (χ4n) is 0.688. The number of methoxy groups -OCH3 is 1. The summed E-state index contributed by atoms with van der Waals surface area (Å²) in [6, 6.07) is 0. The Kier molecular flexibility index (Phi) is 5.30. The zero-order valence-corrected chi connectivity index (χ0v) is 8.33. The van der Waals surface area contributed by atoms with Crippen LogP contribution in [0.2, 0.25) is 0 Å². The minimum atomic E-state index is -0.754. The Morgan fingerprint density at radius 2 is 2.08 bits per heavy atom. The van der Waals surface area contributed by atoms with E-state index in [9.17, 15) is 9.59 Å². The van der Waals surface area contributed by atoms with Gasteiger partial charge in [0.2, 0.25) is 0 Å². The first-order chi connectivity index (χ1) is 6.02. The second-order valence-corrected chi connectivity index (χ2v) is 3.25. The lowest BCUT2D eigenvalue weighted by atomic mass is 10.2. The van der Waals surface area contributed by atoms with Gasteiger partial charge in [-0.1, -0.05) is 0 Å². The van der Waals surface area contributed by atoms with Gasteiger partial charge in [0.25, 0.3) is 0 Å². The van der Waals surface area contributed by atoms with Crippen LogP contribution in [0.25, 0.3) is 0 Å². The van der Waals surface area contributed by atoms with Gasteiger partial charge in [0, 0.05) is 13.0 Å². The van der Waals surface area contributed by atoms with Gasteiger partial charge in [-0.05, 0) is 20.3 Å². The maximum atomic E-state index is 10.7. The molecule has 0 unspecified atom stereocenters. The van der Waals surface area contributed by atoms with Crippen molar-refractivity contribution in [3.63, 3.8) is 0 Å². The molecule has 0 saturated heterocycles. The predicted molar refractivity (Wildman–Crippen MR) is 47.3 cm³/mol. The summed E-state index contributed by atoms with van der Waals surface area (Å²) in [7, 11) is 1.35. The number of ether oxygens (including phenoxy) is 2. The molecule has 0 aliphatic rings. The highest BCUT2D eigenvalue weighted by Crippen LogP contribution is 2.06. The van der Waals surface area contributed by atoms with Crippen molar-refractivity contribution < 1.29 is 19.1 Å². The molecule has 0 aromatic heterocycles. The highest BCUT2D eigenvalue weighted by molar-refractivity contribution is 5.69. The van der Waals surface area contributed by atoms with Crippen LogP contribution in [0.1, 0.15) is 26.7 Å². The van der Waals surface area contributed by atoms with Gasteiger partial charge < -0.3 is 14.3 Å². The quantitative estimate of drug-likeness (QED) is 0.353. The van der Waals surface area contributed by atoms with Gasteiger partial charge in [-0.25, -0.2) is 0 Å². The van der Waals surface area contributed by atoms with Crippen molar-refractivity contribution in [3.8, 4) is 0 Å². The monoisotopic (exact) mass is 188 g/mol. The van der Waals surface area contributed by atoms with Crippen LogP contribution in [0.3, 0.4) is 0 Å². The Morgan fingerprint density at radius 3 is 2.54 bits per heavy atom. The molecule has 0 aliphatic carbocycles. The van der Waals surface area contributed by atoms with E-state index in [1.165, 1.54) is 7.11 Å². The van der Waals surface area contributed by atoms with E-state index >= 15 is 0 Å². The molecule has 13 heavy (non-hydrogen) atoms. The third-order valence-corrected chi connectivity index (χ3v) is 1.51. The van der Waals surface area contributed by atoms with E-state index in [0.29, 0.717) is 19.4 Å². The van der Waals surface area contributed by atoms with Crippen LogP contribution in [-0.4, -0.2) is 31.6 Å². The molecule has 0 aromatic carbocycles. The van der Waals surface area contributed by atoms with Crippen LogP contribution >= 0.6 is 0 Å². The molecule has 0 radical (unpaired) electrons. The van der Waals surface area contributed by atoms with Crippen LogP contribution in [0.4, 0.5) is 0 Å². The molecule has 0 aromatic rings. The molecule has 0 fully saturated rings. The van der Waals surface area contributed by atoms with E-state index < -0.39 is 5.60 Å². The molecule has 0 atom stereocenters. The summed E-state index contributed by atoms with van der Waals surface area (Å²) in [6.45, 7) is 3.75. The first-order valence-corrected chi connectivity index (χ1v) is 4.19. The topological polar surface area (TPSA) is 52.6 Å². The molecule has 0 N–H and O–H groups in total. The normalized spacial score (nSPS) is 11.0. The van der Waals surface area contributed by atoms with Crippen LogP contribution in [-0.2, 0) is 19.1 Å². The van der Waals surface area contributed by atoms with Gasteiger partial charge in [0.15, 0.2) is 6.29 Å². The van der Waals surface area contributed by atoms with Gasteiger partial charge in [-0.2, -0.15) is 0 Å². The number of hydrogen-bond donors (Lipinski definition) is 0. The third kappa shape index (κ3) is 6.28. The predicted octanol–water partition coefficient (Wildman–Crippen LogP) is 0.934. The van der Waals surface area contributed by atoms with Crippen molar-refractivity contribution in [1.82, 2.24) is 0 Å². The first kappa shape index (κ1) is 12.1. The lowest BCUT2D eigenvalue weighted by Crippen LogP contribution is -2.26. The summed E-state index contributed by atoms with van der Waals surface area (Å²) >= 11 is 0. The van der Waals surface area contributed by atoms with E-state index in [2.05, 4.69) is 4.74 Å². The fourth-order valence-corrected chi connectivity index (χ4v) is 0.688. The van der Waals surface area contributed by atoms with Gasteiger partial charge in [0.05, 0.1) is 7.11 Å². The maximum Gasteiger partial charge on any atom is 0.305 e. The van der Waals surface area contributed by atoms with Crippen LogP contribution < -0.4 is 0 Å². The van der Waals surface area contributed by atoms with Crippen molar-refractivity contribution in [2.45, 2.75) is 32.3 Å². The number of rotatable bonds is 6. The number of hydrogen-bond acceptors (Lipinski definition) is 4. The minimum Gasteiger partial charge on any atom is -0.469 e. The summed E-state index contributed by atoms with van der Waals surface area (Å²) in [5, 5.41) is 0. The van der Waals surface area contributed by atoms with Crippen LogP contribution in [0.5, 0.6) is 0 Å². The summed E-state index contributed by atoms with van der Waals surface area (Å²) in [5.74, 6) is -0.257. The maximum absolute atomic E-state index is 10.7. The average Bonchev–Trinajstić information content (AvgIpc) is 2.12. The lowest BCUT2D eigenvalue weighted by Gasteiger charge is -2.17. The molecule has 4 heteroatoms. The SMILES string of the molecule is COC(=O)CCCOC(C)(C)C=O. The summed E-state index contributed by atoms with van der Waals surface area (Å²) in [4.78, 5) is 21.1. The number of carbonyl (C=O) groups is 2. The first-order valence-electron chi connectivity index (χ1n) is 4.19. The molecule has 0 amide bonds. The van der Waals surface area contributed by atoms with Crippen molar-refractivity contribution >= 4 is 12.3 Å². The largest absolute Gasteiger partial charge is 0.469 e. The highest BCUT2D eigenvalue weighted by atomic mass is 16.5. The number of aldehydes is 1. The molecule has 4 nitrogen and oxygen atoms in total. The van der Waals surface area contributed by atoms with Crippen molar-refractivity contribution in [2.24, 2.45) is 0 Å². The van der Waals surface area contributed by atoms with Gasteiger partial charge in [0.1, 0.15) is 5.60 Å². The summed E-state index contributed by atoms with van der Waals surface area (Å²) in [6.07, 6.45) is 1.64. The molecule has 0 spiro atoms. The Balaban J connectivity index is 3.46. The second kappa shape index (κ2) is 5.70. The van der Waals surface area contributed by atoms with Crippen LogP contribution in [0.15, 0.2) is 0 Å². The second-order valence-electron chi connectivity index (χ2n) is 3.25. The number of carbonyl (C=O) groups excluding carboxylic acids is 2. The van der Waals surface area contributed by atoms with Crippen molar-refractivity contribution in [2.75, 3.05) is 13.7 Å². The van der Waals surface area contributed by atoms with E-state index in [4.69, 9.17) is 4.74 Å². The minimum absolute atomic E-state index is 0.257. The molecule has 76 valence electrons. The Morgan fingerprint density at radius 1 is 1.46 bits per heavy atom. The fraction of sp³-hybridized carbons (Fsp3) is 0.778. The van der Waals surface area contributed by atoms with Crippen LogP contribution in [0, 0.1) is 0 Å². The standard InChI is InChI=1S/C9H16O4/c1-9(2,7-10)13-6-4-5-8(11)12-3/h7H,4-6H2,1-3H3. The molecule has 0 saturated carbocycles. The molecular weight excluding hydrogens is 172 g/mol. The summed E-state index contributed by atoms with van der Waals surface area (Å²) < 4.78 is 9.64. The Bertz CT molecular complexity index is 174. The van der Waals surface area contributed by atoms with E-state index in [1.807, 2.05) is 0 Å².